The zero-order valence-electron chi connectivity index (χ0n) is 14.3. The highest BCUT2D eigenvalue weighted by Gasteiger charge is 2.37. The van der Waals surface area contributed by atoms with Crippen molar-refractivity contribution in [3.05, 3.63) is 40.2 Å². The molecule has 0 bridgehead atoms. The summed E-state index contributed by atoms with van der Waals surface area (Å²) in [6.07, 6.45) is 2.95. The topological polar surface area (TPSA) is 84.6 Å². The normalized spacial score (nSPS) is 19.3. The van der Waals surface area contributed by atoms with E-state index in [0.717, 1.165) is 16.3 Å². The number of aromatic nitrogens is 3. The molecule has 27 heavy (non-hydrogen) atoms. The van der Waals surface area contributed by atoms with Crippen molar-refractivity contribution in [2.24, 2.45) is 4.99 Å². The lowest BCUT2D eigenvalue weighted by Crippen LogP contribution is -2.39. The van der Waals surface area contributed by atoms with E-state index in [9.17, 15) is 13.6 Å². The number of amides is 1. The molecular formula is C16H16F2N6O2S. The van der Waals surface area contributed by atoms with Gasteiger partial charge in [-0.1, -0.05) is 0 Å². The number of alkyl carbamates (subject to hydrolysis) is 1. The summed E-state index contributed by atoms with van der Waals surface area (Å²) in [7, 11) is 1.31. The molecule has 8 nitrogen and oxygen atoms in total. The van der Waals surface area contributed by atoms with Crippen molar-refractivity contribution in [1.29, 1.82) is 0 Å². The molecule has 2 aliphatic heterocycles. The first-order valence-electron chi connectivity index (χ1n) is 8.19. The summed E-state index contributed by atoms with van der Waals surface area (Å²) in [5, 5.41) is 9.39. The van der Waals surface area contributed by atoms with Gasteiger partial charge >= 0.3 is 12.6 Å². The smallest absolute Gasteiger partial charge is 0.407 e. The molecule has 0 saturated carbocycles. The Bertz CT molecular complexity index is 908. The lowest BCUT2D eigenvalue weighted by Gasteiger charge is -2.27. The van der Waals surface area contributed by atoms with Gasteiger partial charge in [0.05, 0.1) is 25.4 Å². The van der Waals surface area contributed by atoms with E-state index >= 15 is 0 Å². The van der Waals surface area contributed by atoms with Gasteiger partial charge in [-0.05, 0) is 6.07 Å². The van der Waals surface area contributed by atoms with Crippen molar-refractivity contribution in [3.63, 3.8) is 0 Å². The second-order valence-electron chi connectivity index (χ2n) is 6.01. The van der Waals surface area contributed by atoms with Crippen molar-refractivity contribution < 1.29 is 18.3 Å². The lowest BCUT2D eigenvalue weighted by atomic mass is 10.1. The average molecular weight is 394 g/mol. The largest absolute Gasteiger partial charge is 0.453 e. The minimum atomic E-state index is -2.70. The number of halogens is 2. The van der Waals surface area contributed by atoms with Crippen LogP contribution < -0.4 is 5.32 Å². The maximum absolute atomic E-state index is 12.9. The third kappa shape index (κ3) is 3.29. The van der Waals surface area contributed by atoms with Gasteiger partial charge in [-0.3, -0.25) is 4.99 Å². The van der Waals surface area contributed by atoms with E-state index in [2.05, 4.69) is 25.1 Å². The molecule has 2 aromatic heterocycles. The quantitative estimate of drug-likeness (QED) is 0.861. The van der Waals surface area contributed by atoms with Gasteiger partial charge in [0.1, 0.15) is 0 Å². The molecule has 1 unspecified atom stereocenters. The van der Waals surface area contributed by atoms with Gasteiger partial charge in [-0.15, -0.1) is 11.3 Å². The first-order valence-corrected chi connectivity index (χ1v) is 9.07. The van der Waals surface area contributed by atoms with Crippen LogP contribution in [0.4, 0.5) is 13.6 Å². The zero-order valence-corrected chi connectivity index (χ0v) is 15.1. The fourth-order valence-corrected chi connectivity index (χ4v) is 3.90. The highest BCUT2D eigenvalue weighted by atomic mass is 32.1. The predicted molar refractivity (Wildman–Crippen MR) is 94.6 cm³/mol. The third-order valence-corrected chi connectivity index (χ3v) is 5.18. The summed E-state index contributed by atoms with van der Waals surface area (Å²) < 4.78 is 31.1. The second-order valence-corrected chi connectivity index (χ2v) is 6.90. The summed E-state index contributed by atoms with van der Waals surface area (Å²) >= 11 is 1.47. The Morgan fingerprint density at radius 1 is 1.48 bits per heavy atom. The average Bonchev–Trinajstić information content (AvgIpc) is 3.40. The molecule has 2 aromatic rings. The molecule has 11 heteroatoms. The maximum Gasteiger partial charge on any atom is 0.407 e. The van der Waals surface area contributed by atoms with Gasteiger partial charge in [-0.25, -0.2) is 14.5 Å². The first kappa shape index (κ1) is 17.6. The van der Waals surface area contributed by atoms with Crippen LogP contribution in [0.25, 0.3) is 5.57 Å². The van der Waals surface area contributed by atoms with E-state index in [0.29, 0.717) is 35.7 Å². The number of rotatable bonds is 4. The molecule has 1 N–H and O–H groups in total. The first-order chi connectivity index (χ1) is 13.1. The number of thiazole rings is 1. The van der Waals surface area contributed by atoms with Crippen LogP contribution in [0.1, 0.15) is 23.7 Å². The van der Waals surface area contributed by atoms with Crippen molar-refractivity contribution >= 4 is 28.8 Å². The second kappa shape index (κ2) is 7.06. The molecule has 142 valence electrons. The van der Waals surface area contributed by atoms with E-state index in [4.69, 9.17) is 0 Å². The SMILES string of the molecule is COC(=O)NC1CC2=C(c3ccn(C(F)F)n3)CN=C(c3nccs3)N2C1. The third-order valence-electron chi connectivity index (χ3n) is 4.41. The Hall–Kier alpha value is -2.82. The van der Waals surface area contributed by atoms with Gasteiger partial charge < -0.3 is 15.0 Å². The molecule has 4 rings (SSSR count). The number of methoxy groups -OCH3 is 1. The van der Waals surface area contributed by atoms with Crippen LogP contribution in [-0.4, -0.2) is 57.8 Å². The summed E-state index contributed by atoms with van der Waals surface area (Å²) in [6, 6.07) is 1.36. The number of carbonyl (C=O) groups excluding carboxylic acids is 1. The molecule has 0 aromatic carbocycles. The molecule has 1 saturated heterocycles. The number of ether oxygens (including phenoxy) is 1. The van der Waals surface area contributed by atoms with Crippen molar-refractivity contribution in [1.82, 2.24) is 25.0 Å². The molecule has 1 atom stereocenters. The van der Waals surface area contributed by atoms with Crippen LogP contribution >= 0.6 is 11.3 Å². The number of carbonyl (C=O) groups is 1. The molecule has 4 heterocycles. The molecule has 1 amide bonds. The van der Waals surface area contributed by atoms with E-state index in [1.165, 1.54) is 24.6 Å². The van der Waals surface area contributed by atoms with Gasteiger partial charge in [0, 0.05) is 42.0 Å². The summed E-state index contributed by atoms with van der Waals surface area (Å²) in [5.41, 5.74) is 2.12. The van der Waals surface area contributed by atoms with Crippen LogP contribution in [0.5, 0.6) is 0 Å². The molecule has 0 radical (unpaired) electrons. The van der Waals surface area contributed by atoms with Crippen LogP contribution in [0.2, 0.25) is 0 Å². The summed E-state index contributed by atoms with van der Waals surface area (Å²) in [6.45, 7) is -1.90. The number of fused-ring (bicyclic) bond motifs is 1. The fourth-order valence-electron chi connectivity index (χ4n) is 3.25. The minimum absolute atomic E-state index is 0.192. The number of alkyl halides is 2. The number of nitrogens with zero attached hydrogens (tertiary/aromatic N) is 5. The standard InChI is InChI=1S/C16H16F2N6O2S/c1-26-16(25)21-9-6-12-10(11-2-4-24(22-11)15(17)18)7-20-13(23(12)8-9)14-19-3-5-27-14/h2-5,9,15H,6-8H2,1H3,(H,21,25). The van der Waals surface area contributed by atoms with Gasteiger partial charge in [0.15, 0.2) is 10.8 Å². The molecular weight excluding hydrogens is 378 g/mol. The number of hydrogen-bond acceptors (Lipinski definition) is 7. The molecule has 2 aliphatic rings. The van der Waals surface area contributed by atoms with Crippen molar-refractivity contribution in [2.45, 2.75) is 19.0 Å². The van der Waals surface area contributed by atoms with Gasteiger partial charge in [-0.2, -0.15) is 13.9 Å². The zero-order chi connectivity index (χ0) is 19.0. The lowest BCUT2D eigenvalue weighted by molar-refractivity contribution is 0.0564. The molecule has 0 aliphatic carbocycles. The Labute approximate surface area is 157 Å². The van der Waals surface area contributed by atoms with Crippen LogP contribution in [0.15, 0.2) is 34.5 Å². The monoisotopic (exact) mass is 394 g/mol. The number of aliphatic imine (C=N–C) groups is 1. The van der Waals surface area contributed by atoms with E-state index in [-0.39, 0.29) is 6.04 Å². The Kier molecular flexibility index (Phi) is 4.60. The van der Waals surface area contributed by atoms with E-state index in [1.54, 1.807) is 12.3 Å². The van der Waals surface area contributed by atoms with E-state index < -0.39 is 12.6 Å². The van der Waals surface area contributed by atoms with Crippen molar-refractivity contribution in [3.8, 4) is 0 Å². The van der Waals surface area contributed by atoms with Crippen LogP contribution in [-0.2, 0) is 4.74 Å². The number of amidine groups is 1. The van der Waals surface area contributed by atoms with Crippen molar-refractivity contribution in [2.75, 3.05) is 20.2 Å². The van der Waals surface area contributed by atoms with Crippen LogP contribution in [0, 0.1) is 0 Å². The predicted octanol–water partition coefficient (Wildman–Crippen LogP) is 2.34. The number of hydrogen-bond donors (Lipinski definition) is 1. The van der Waals surface area contributed by atoms with Gasteiger partial charge in [0.2, 0.25) is 0 Å². The Morgan fingerprint density at radius 2 is 2.33 bits per heavy atom. The number of nitrogens with one attached hydrogen (secondary N) is 1. The summed E-state index contributed by atoms with van der Waals surface area (Å²) in [4.78, 5) is 22.5. The Morgan fingerprint density at radius 3 is 3.00 bits per heavy atom. The van der Waals surface area contributed by atoms with Gasteiger partial charge in [0.25, 0.3) is 0 Å². The maximum atomic E-state index is 12.9. The highest BCUT2D eigenvalue weighted by Crippen LogP contribution is 2.35. The molecule has 0 spiro atoms. The summed E-state index contributed by atoms with van der Waals surface area (Å²) in [5.74, 6) is 0.714. The van der Waals surface area contributed by atoms with Crippen LogP contribution in [0.3, 0.4) is 0 Å². The minimum Gasteiger partial charge on any atom is -0.453 e. The fraction of sp³-hybridized carbons (Fsp3) is 0.375. The Balaban J connectivity index is 1.69. The molecule has 1 fully saturated rings. The van der Waals surface area contributed by atoms with E-state index in [1.807, 2.05) is 10.3 Å². The highest BCUT2D eigenvalue weighted by molar-refractivity contribution is 7.11.